The number of benzene rings is 2. The second kappa shape index (κ2) is 5.06. The van der Waals surface area contributed by atoms with E-state index in [4.69, 9.17) is 4.42 Å². The number of para-hydroxylation sites is 2. The first-order chi connectivity index (χ1) is 11.2. The molecule has 0 radical (unpaired) electrons. The summed E-state index contributed by atoms with van der Waals surface area (Å²) >= 11 is 0. The number of nitrogens with one attached hydrogen (secondary N) is 2. The lowest BCUT2D eigenvalue weighted by Crippen LogP contribution is -2.20. The van der Waals surface area contributed by atoms with E-state index in [1.54, 1.807) is 42.5 Å². The molecule has 0 saturated heterocycles. The molecular formula is C16H10N4O3. The summed E-state index contributed by atoms with van der Waals surface area (Å²) in [6, 6.07) is 13.7. The molecule has 0 atom stereocenters. The van der Waals surface area contributed by atoms with Crippen LogP contribution in [0.4, 0.5) is 5.69 Å². The molecule has 2 aromatic carbocycles. The van der Waals surface area contributed by atoms with Crippen molar-refractivity contribution in [2.75, 3.05) is 5.32 Å². The topological polar surface area (TPSA) is 101 Å². The molecule has 0 unspecified atom stereocenters. The van der Waals surface area contributed by atoms with Crippen molar-refractivity contribution in [1.82, 2.24) is 15.4 Å². The van der Waals surface area contributed by atoms with Crippen molar-refractivity contribution < 1.29 is 9.21 Å². The highest BCUT2D eigenvalue weighted by molar-refractivity contribution is 6.08. The maximum atomic E-state index is 12.4. The van der Waals surface area contributed by atoms with E-state index in [0.29, 0.717) is 27.7 Å². The van der Waals surface area contributed by atoms with Gasteiger partial charge in [0.25, 0.3) is 5.91 Å². The summed E-state index contributed by atoms with van der Waals surface area (Å²) in [5.41, 5.74) is 1.29. The predicted molar refractivity (Wildman–Crippen MR) is 84.3 cm³/mol. The summed E-state index contributed by atoms with van der Waals surface area (Å²) in [5, 5.41) is 13.8. The average Bonchev–Trinajstić information content (AvgIpc) is 3.04. The van der Waals surface area contributed by atoms with Gasteiger partial charge in [0.1, 0.15) is 22.2 Å². The third kappa shape index (κ3) is 2.24. The highest BCUT2D eigenvalue weighted by Crippen LogP contribution is 2.20. The van der Waals surface area contributed by atoms with E-state index in [0.717, 1.165) is 0 Å². The summed E-state index contributed by atoms with van der Waals surface area (Å²) in [6.45, 7) is 0. The maximum Gasteiger partial charge on any atom is 0.349 e. The number of H-pyrrole nitrogens is 1. The normalized spacial score (nSPS) is 11.0. The van der Waals surface area contributed by atoms with Gasteiger partial charge in [-0.1, -0.05) is 24.3 Å². The van der Waals surface area contributed by atoms with Gasteiger partial charge in [0.15, 0.2) is 0 Å². The summed E-state index contributed by atoms with van der Waals surface area (Å²) in [7, 11) is 0. The number of hydrogen-bond donors (Lipinski definition) is 2. The molecule has 2 N–H and O–H groups in total. The lowest BCUT2D eigenvalue weighted by atomic mass is 10.1. The zero-order valence-electron chi connectivity index (χ0n) is 11.7. The molecule has 23 heavy (non-hydrogen) atoms. The smallest absolute Gasteiger partial charge is 0.349 e. The second-order valence-electron chi connectivity index (χ2n) is 4.94. The third-order valence-corrected chi connectivity index (χ3v) is 3.48. The van der Waals surface area contributed by atoms with Gasteiger partial charge in [0.05, 0.1) is 5.69 Å². The van der Waals surface area contributed by atoms with Gasteiger partial charge in [-0.3, -0.25) is 4.79 Å². The maximum absolute atomic E-state index is 12.4. The van der Waals surface area contributed by atoms with E-state index >= 15 is 0 Å². The molecule has 112 valence electrons. The number of carbonyl (C=O) groups is 1. The third-order valence-electron chi connectivity index (χ3n) is 3.48. The Morgan fingerprint density at radius 1 is 1.09 bits per heavy atom. The van der Waals surface area contributed by atoms with E-state index in [1.165, 1.54) is 6.07 Å². The van der Waals surface area contributed by atoms with Crippen molar-refractivity contribution in [2.24, 2.45) is 0 Å². The number of nitrogens with zero attached hydrogens (tertiary/aromatic N) is 2. The first-order valence-electron chi connectivity index (χ1n) is 6.86. The Hall–Kier alpha value is -3.48. The van der Waals surface area contributed by atoms with Gasteiger partial charge in [0, 0.05) is 5.39 Å². The number of hydrogen-bond acceptors (Lipinski definition) is 5. The quantitative estimate of drug-likeness (QED) is 0.553. The van der Waals surface area contributed by atoms with Crippen LogP contribution in [0.25, 0.3) is 22.0 Å². The SMILES string of the molecule is O=C(Nc1cccc2n[nH]nc12)c1cc2ccccc2oc1=O. The predicted octanol–water partition coefficient (Wildman–Crippen LogP) is 2.32. The summed E-state index contributed by atoms with van der Waals surface area (Å²) in [5.74, 6) is -0.556. The van der Waals surface area contributed by atoms with E-state index in [9.17, 15) is 9.59 Å². The van der Waals surface area contributed by atoms with Crippen LogP contribution in [0.3, 0.4) is 0 Å². The molecule has 0 fully saturated rings. The van der Waals surface area contributed by atoms with Gasteiger partial charge in [-0.25, -0.2) is 4.79 Å². The van der Waals surface area contributed by atoms with Gasteiger partial charge in [-0.2, -0.15) is 15.4 Å². The molecule has 0 aliphatic heterocycles. The van der Waals surface area contributed by atoms with Crippen LogP contribution in [0.15, 0.2) is 57.7 Å². The first-order valence-corrected chi connectivity index (χ1v) is 6.86. The molecular weight excluding hydrogens is 296 g/mol. The van der Waals surface area contributed by atoms with Gasteiger partial charge in [0.2, 0.25) is 0 Å². The number of carbonyl (C=O) groups excluding carboxylic acids is 1. The Kier molecular flexibility index (Phi) is 2.90. The minimum Gasteiger partial charge on any atom is -0.422 e. The molecule has 2 aromatic heterocycles. The van der Waals surface area contributed by atoms with E-state index < -0.39 is 11.5 Å². The Labute approximate surface area is 128 Å². The summed E-state index contributed by atoms with van der Waals surface area (Å²) < 4.78 is 5.17. The number of amides is 1. The van der Waals surface area contributed by atoms with Crippen molar-refractivity contribution in [2.45, 2.75) is 0 Å². The van der Waals surface area contributed by atoms with Gasteiger partial charge < -0.3 is 9.73 Å². The minimum atomic E-state index is -0.687. The largest absolute Gasteiger partial charge is 0.422 e. The molecule has 4 rings (SSSR count). The number of aromatic amines is 1. The van der Waals surface area contributed by atoms with Crippen molar-refractivity contribution in [3.05, 3.63) is 64.5 Å². The monoisotopic (exact) mass is 306 g/mol. The molecule has 0 bridgehead atoms. The number of anilines is 1. The fraction of sp³-hybridized carbons (Fsp3) is 0. The van der Waals surface area contributed by atoms with Crippen LogP contribution < -0.4 is 10.9 Å². The summed E-state index contributed by atoms with van der Waals surface area (Å²) in [4.78, 5) is 24.4. The molecule has 7 nitrogen and oxygen atoms in total. The van der Waals surface area contributed by atoms with Crippen LogP contribution in [0.1, 0.15) is 10.4 Å². The van der Waals surface area contributed by atoms with Crippen molar-refractivity contribution in [1.29, 1.82) is 0 Å². The zero-order chi connectivity index (χ0) is 15.8. The van der Waals surface area contributed by atoms with Crippen LogP contribution in [-0.2, 0) is 0 Å². The molecule has 7 heteroatoms. The van der Waals surface area contributed by atoms with E-state index in [2.05, 4.69) is 20.7 Å². The Bertz CT molecular complexity index is 1100. The standard InChI is InChI=1S/C16H10N4O3/c21-15(17-11-5-3-6-12-14(11)19-20-18-12)10-8-9-4-1-2-7-13(9)23-16(10)22/h1-8H,(H,17,21)(H,18,19,20). The Balaban J connectivity index is 1.76. The molecule has 2 heterocycles. The average molecular weight is 306 g/mol. The zero-order valence-corrected chi connectivity index (χ0v) is 11.7. The van der Waals surface area contributed by atoms with E-state index in [-0.39, 0.29) is 5.56 Å². The molecule has 1 amide bonds. The number of fused-ring (bicyclic) bond motifs is 2. The molecule has 0 spiro atoms. The van der Waals surface area contributed by atoms with Crippen LogP contribution >= 0.6 is 0 Å². The molecule has 4 aromatic rings. The van der Waals surface area contributed by atoms with Gasteiger partial charge >= 0.3 is 5.63 Å². The summed E-state index contributed by atoms with van der Waals surface area (Å²) in [6.07, 6.45) is 0. The van der Waals surface area contributed by atoms with Crippen LogP contribution in [0.2, 0.25) is 0 Å². The molecule has 0 aliphatic rings. The minimum absolute atomic E-state index is 0.0656. The number of rotatable bonds is 2. The van der Waals surface area contributed by atoms with E-state index in [1.807, 2.05) is 0 Å². The lowest BCUT2D eigenvalue weighted by Gasteiger charge is -2.05. The second-order valence-corrected chi connectivity index (χ2v) is 4.94. The molecule has 0 saturated carbocycles. The van der Waals surface area contributed by atoms with Crippen LogP contribution in [-0.4, -0.2) is 21.3 Å². The number of aromatic nitrogens is 3. The van der Waals surface area contributed by atoms with Gasteiger partial charge in [-0.15, -0.1) is 0 Å². The van der Waals surface area contributed by atoms with Crippen LogP contribution in [0.5, 0.6) is 0 Å². The molecule has 0 aliphatic carbocycles. The Morgan fingerprint density at radius 3 is 2.87 bits per heavy atom. The van der Waals surface area contributed by atoms with Crippen LogP contribution in [0, 0.1) is 0 Å². The van der Waals surface area contributed by atoms with Crippen molar-refractivity contribution >= 4 is 33.6 Å². The van der Waals surface area contributed by atoms with Gasteiger partial charge in [-0.05, 0) is 24.3 Å². The Morgan fingerprint density at radius 2 is 1.96 bits per heavy atom. The fourth-order valence-corrected chi connectivity index (χ4v) is 2.38. The van der Waals surface area contributed by atoms with Crippen molar-refractivity contribution in [3.8, 4) is 0 Å². The lowest BCUT2D eigenvalue weighted by molar-refractivity contribution is 0.102. The first kappa shape index (κ1) is 13.2. The highest BCUT2D eigenvalue weighted by Gasteiger charge is 2.15. The fourth-order valence-electron chi connectivity index (χ4n) is 2.38. The highest BCUT2D eigenvalue weighted by atomic mass is 16.4. The van der Waals surface area contributed by atoms with Crippen molar-refractivity contribution in [3.63, 3.8) is 0 Å².